The minimum atomic E-state index is -0.961. The largest absolute Gasteiger partial charge is 0.477 e. The Labute approximate surface area is 88.3 Å². The highest BCUT2D eigenvalue weighted by Crippen LogP contribution is 2.16. The molecule has 0 saturated carbocycles. The standard InChI is InChI=1S/C9H7BrN2O2/c1-5-8(9(13)14)12-3-2-6(10)4-7(12)11-5/h2-4H,1H3,(H,13,14). The van der Waals surface area contributed by atoms with Crippen molar-refractivity contribution >= 4 is 27.5 Å². The first-order valence-electron chi connectivity index (χ1n) is 3.97. The predicted molar refractivity (Wildman–Crippen MR) is 54.6 cm³/mol. The van der Waals surface area contributed by atoms with E-state index in [9.17, 15) is 4.79 Å². The minimum absolute atomic E-state index is 0.215. The first kappa shape index (κ1) is 9.21. The van der Waals surface area contributed by atoms with Gasteiger partial charge in [-0.05, 0) is 19.1 Å². The van der Waals surface area contributed by atoms with Crippen molar-refractivity contribution in [2.45, 2.75) is 6.92 Å². The Balaban J connectivity index is 2.84. The van der Waals surface area contributed by atoms with E-state index in [4.69, 9.17) is 5.11 Å². The number of hydrogen-bond acceptors (Lipinski definition) is 2. The smallest absolute Gasteiger partial charge is 0.354 e. The quantitative estimate of drug-likeness (QED) is 0.848. The molecule has 0 unspecified atom stereocenters. The highest BCUT2D eigenvalue weighted by molar-refractivity contribution is 9.10. The van der Waals surface area contributed by atoms with Gasteiger partial charge < -0.3 is 5.11 Å². The zero-order valence-electron chi connectivity index (χ0n) is 7.36. The maximum absolute atomic E-state index is 10.9. The maximum Gasteiger partial charge on any atom is 0.354 e. The van der Waals surface area contributed by atoms with Gasteiger partial charge in [-0.25, -0.2) is 9.78 Å². The molecule has 0 aliphatic heterocycles. The van der Waals surface area contributed by atoms with Crippen LogP contribution in [0.25, 0.3) is 5.65 Å². The summed E-state index contributed by atoms with van der Waals surface area (Å²) in [4.78, 5) is 15.1. The first-order chi connectivity index (χ1) is 6.59. The molecule has 0 bridgehead atoms. The number of carboxylic acid groups (broad SMARTS) is 1. The number of aromatic carboxylic acids is 1. The molecule has 14 heavy (non-hydrogen) atoms. The van der Waals surface area contributed by atoms with E-state index in [1.54, 1.807) is 29.7 Å². The summed E-state index contributed by atoms with van der Waals surface area (Å²) in [6, 6.07) is 3.56. The van der Waals surface area contributed by atoms with Crippen molar-refractivity contribution in [3.8, 4) is 0 Å². The second kappa shape index (κ2) is 3.09. The van der Waals surface area contributed by atoms with Gasteiger partial charge in [-0.1, -0.05) is 15.9 Å². The summed E-state index contributed by atoms with van der Waals surface area (Å²) in [5.41, 5.74) is 1.37. The van der Waals surface area contributed by atoms with Crippen LogP contribution in [-0.4, -0.2) is 20.5 Å². The summed E-state index contributed by atoms with van der Waals surface area (Å²) >= 11 is 3.30. The number of rotatable bonds is 1. The number of pyridine rings is 1. The molecule has 0 aromatic carbocycles. The fourth-order valence-corrected chi connectivity index (χ4v) is 1.72. The van der Waals surface area contributed by atoms with Crippen molar-refractivity contribution in [1.82, 2.24) is 9.38 Å². The van der Waals surface area contributed by atoms with Crippen molar-refractivity contribution in [2.75, 3.05) is 0 Å². The fourth-order valence-electron chi connectivity index (χ4n) is 1.40. The zero-order valence-corrected chi connectivity index (χ0v) is 8.95. The van der Waals surface area contributed by atoms with Crippen molar-refractivity contribution < 1.29 is 9.90 Å². The molecule has 2 heterocycles. The molecule has 72 valence electrons. The summed E-state index contributed by atoms with van der Waals surface area (Å²) in [7, 11) is 0. The Morgan fingerprint density at radius 3 is 3.00 bits per heavy atom. The highest BCUT2D eigenvalue weighted by atomic mass is 79.9. The molecule has 2 aromatic rings. The van der Waals surface area contributed by atoms with Gasteiger partial charge >= 0.3 is 5.97 Å². The molecule has 0 radical (unpaired) electrons. The Morgan fingerprint density at radius 2 is 2.36 bits per heavy atom. The number of fused-ring (bicyclic) bond motifs is 1. The lowest BCUT2D eigenvalue weighted by molar-refractivity contribution is 0.0688. The van der Waals surface area contributed by atoms with Gasteiger partial charge in [-0.2, -0.15) is 0 Å². The van der Waals surface area contributed by atoms with Crippen molar-refractivity contribution in [1.29, 1.82) is 0 Å². The molecule has 0 spiro atoms. The average Bonchev–Trinajstić information content (AvgIpc) is 2.39. The van der Waals surface area contributed by atoms with Crippen LogP contribution in [0.2, 0.25) is 0 Å². The molecule has 0 aliphatic carbocycles. The topological polar surface area (TPSA) is 54.6 Å². The third-order valence-electron chi connectivity index (χ3n) is 1.97. The van der Waals surface area contributed by atoms with Gasteiger partial charge in [0.15, 0.2) is 5.69 Å². The molecular weight excluding hydrogens is 248 g/mol. The van der Waals surface area contributed by atoms with Crippen LogP contribution in [-0.2, 0) is 0 Å². The molecule has 2 rings (SSSR count). The van der Waals surface area contributed by atoms with Crippen LogP contribution in [0.3, 0.4) is 0 Å². The van der Waals surface area contributed by atoms with Gasteiger partial charge in [-0.3, -0.25) is 4.40 Å². The maximum atomic E-state index is 10.9. The minimum Gasteiger partial charge on any atom is -0.477 e. The SMILES string of the molecule is Cc1nc2cc(Br)ccn2c1C(=O)O. The summed E-state index contributed by atoms with van der Waals surface area (Å²) in [6.45, 7) is 1.68. The van der Waals surface area contributed by atoms with Gasteiger partial charge in [0.1, 0.15) is 5.65 Å². The first-order valence-corrected chi connectivity index (χ1v) is 4.76. The molecule has 0 fully saturated rings. The van der Waals surface area contributed by atoms with Crippen LogP contribution in [0.1, 0.15) is 16.2 Å². The Kier molecular flexibility index (Phi) is 2.03. The fraction of sp³-hybridized carbons (Fsp3) is 0.111. The van der Waals surface area contributed by atoms with Gasteiger partial charge in [0.2, 0.25) is 0 Å². The number of imidazole rings is 1. The van der Waals surface area contributed by atoms with Crippen molar-refractivity contribution in [3.63, 3.8) is 0 Å². The van der Waals surface area contributed by atoms with Crippen LogP contribution in [0.15, 0.2) is 22.8 Å². The van der Waals surface area contributed by atoms with Crippen LogP contribution in [0, 0.1) is 6.92 Å². The van der Waals surface area contributed by atoms with E-state index in [2.05, 4.69) is 20.9 Å². The lowest BCUT2D eigenvalue weighted by Crippen LogP contribution is -2.03. The van der Waals surface area contributed by atoms with Crippen LogP contribution in [0.4, 0.5) is 0 Å². The number of aryl methyl sites for hydroxylation is 1. The highest BCUT2D eigenvalue weighted by Gasteiger charge is 2.14. The predicted octanol–water partition coefficient (Wildman–Crippen LogP) is 2.10. The molecule has 5 heteroatoms. The molecule has 4 nitrogen and oxygen atoms in total. The second-order valence-electron chi connectivity index (χ2n) is 2.92. The van der Waals surface area contributed by atoms with Gasteiger partial charge in [-0.15, -0.1) is 0 Å². The van der Waals surface area contributed by atoms with E-state index in [0.29, 0.717) is 11.3 Å². The summed E-state index contributed by atoms with van der Waals surface area (Å²) in [5.74, 6) is -0.961. The summed E-state index contributed by atoms with van der Waals surface area (Å²) < 4.78 is 2.44. The van der Waals surface area contributed by atoms with Crippen molar-refractivity contribution in [3.05, 3.63) is 34.2 Å². The monoisotopic (exact) mass is 254 g/mol. The van der Waals surface area contributed by atoms with Gasteiger partial charge in [0.25, 0.3) is 0 Å². The number of carboxylic acids is 1. The molecule has 1 N–H and O–H groups in total. The summed E-state index contributed by atoms with van der Waals surface area (Å²) in [5, 5.41) is 8.95. The van der Waals surface area contributed by atoms with E-state index in [0.717, 1.165) is 4.47 Å². The van der Waals surface area contributed by atoms with E-state index < -0.39 is 5.97 Å². The average molecular weight is 255 g/mol. The zero-order chi connectivity index (χ0) is 10.3. The Morgan fingerprint density at radius 1 is 1.64 bits per heavy atom. The van der Waals surface area contributed by atoms with Crippen LogP contribution in [0.5, 0.6) is 0 Å². The van der Waals surface area contributed by atoms with E-state index >= 15 is 0 Å². The van der Waals surface area contributed by atoms with Crippen molar-refractivity contribution in [2.24, 2.45) is 0 Å². The number of carbonyl (C=O) groups is 1. The number of hydrogen-bond donors (Lipinski definition) is 1. The Bertz CT molecular complexity index is 519. The van der Waals surface area contributed by atoms with E-state index in [1.165, 1.54) is 0 Å². The third-order valence-corrected chi connectivity index (χ3v) is 2.46. The van der Waals surface area contributed by atoms with E-state index in [-0.39, 0.29) is 5.69 Å². The normalized spacial score (nSPS) is 10.7. The molecule has 0 atom stereocenters. The summed E-state index contributed by atoms with van der Waals surface area (Å²) in [6.07, 6.45) is 1.68. The molecule has 0 amide bonds. The lowest BCUT2D eigenvalue weighted by Gasteiger charge is -1.96. The molecule has 0 saturated heterocycles. The number of halogens is 1. The molecular formula is C9H7BrN2O2. The van der Waals surface area contributed by atoms with Crippen LogP contribution >= 0.6 is 15.9 Å². The second-order valence-corrected chi connectivity index (χ2v) is 3.84. The van der Waals surface area contributed by atoms with Crippen LogP contribution < -0.4 is 0 Å². The molecule has 2 aromatic heterocycles. The number of aromatic nitrogens is 2. The lowest BCUT2D eigenvalue weighted by atomic mass is 10.3. The number of nitrogens with zero attached hydrogens (tertiary/aromatic N) is 2. The molecule has 0 aliphatic rings. The van der Waals surface area contributed by atoms with Gasteiger partial charge in [0, 0.05) is 10.7 Å². The Hall–Kier alpha value is -1.36. The van der Waals surface area contributed by atoms with Gasteiger partial charge in [0.05, 0.1) is 5.69 Å². The third kappa shape index (κ3) is 1.29. The van der Waals surface area contributed by atoms with E-state index in [1.807, 2.05) is 0 Å².